The standard InChI is InChI=1S/C21H20ClN3O2/c1-25(14-16-5-3-2-4-6-16)20-12-9-18(13-23-20)24-21(26)15-27-19-10-7-17(22)8-11-19/h2-13H,14-15H2,1H3,(H,24,26). The first-order chi connectivity index (χ1) is 13.1. The Balaban J connectivity index is 1.50. The lowest BCUT2D eigenvalue weighted by Crippen LogP contribution is -2.21. The Labute approximate surface area is 163 Å². The van der Waals surface area contributed by atoms with Crippen molar-refractivity contribution in [2.24, 2.45) is 0 Å². The van der Waals surface area contributed by atoms with Crippen LogP contribution < -0.4 is 15.0 Å². The second-order valence-corrected chi connectivity index (χ2v) is 6.47. The fourth-order valence-corrected chi connectivity index (χ4v) is 2.63. The van der Waals surface area contributed by atoms with Gasteiger partial charge in [0, 0.05) is 18.6 Å². The molecule has 0 saturated carbocycles. The molecule has 1 amide bonds. The first-order valence-corrected chi connectivity index (χ1v) is 8.87. The molecule has 0 atom stereocenters. The molecule has 3 aromatic rings. The fourth-order valence-electron chi connectivity index (χ4n) is 2.50. The van der Waals surface area contributed by atoms with E-state index in [0.29, 0.717) is 16.5 Å². The molecule has 0 fully saturated rings. The van der Waals surface area contributed by atoms with Gasteiger partial charge in [0.2, 0.25) is 0 Å². The maximum Gasteiger partial charge on any atom is 0.262 e. The fraction of sp³-hybridized carbons (Fsp3) is 0.143. The normalized spacial score (nSPS) is 10.3. The number of hydrogen-bond donors (Lipinski definition) is 1. The molecule has 0 bridgehead atoms. The van der Waals surface area contributed by atoms with Gasteiger partial charge >= 0.3 is 0 Å². The number of pyridine rings is 1. The molecule has 0 aliphatic carbocycles. The first-order valence-electron chi connectivity index (χ1n) is 8.49. The number of benzene rings is 2. The van der Waals surface area contributed by atoms with Crippen LogP contribution in [0.3, 0.4) is 0 Å². The third-order valence-electron chi connectivity index (χ3n) is 3.87. The summed E-state index contributed by atoms with van der Waals surface area (Å²) in [7, 11) is 1.98. The van der Waals surface area contributed by atoms with E-state index in [-0.39, 0.29) is 12.5 Å². The monoisotopic (exact) mass is 381 g/mol. The molecule has 6 heteroatoms. The Bertz CT molecular complexity index is 868. The minimum Gasteiger partial charge on any atom is -0.484 e. The number of carbonyl (C=O) groups excluding carboxylic acids is 1. The Hall–Kier alpha value is -3.05. The molecular weight excluding hydrogens is 362 g/mol. The largest absolute Gasteiger partial charge is 0.484 e. The Morgan fingerprint density at radius 3 is 2.48 bits per heavy atom. The van der Waals surface area contributed by atoms with Gasteiger partial charge in [0.05, 0.1) is 11.9 Å². The molecule has 2 aromatic carbocycles. The molecule has 0 radical (unpaired) electrons. The number of nitrogens with zero attached hydrogens (tertiary/aromatic N) is 2. The van der Waals surface area contributed by atoms with Crippen molar-refractivity contribution in [2.75, 3.05) is 23.9 Å². The van der Waals surface area contributed by atoms with E-state index in [0.717, 1.165) is 12.4 Å². The average Bonchev–Trinajstić information content (AvgIpc) is 2.69. The number of aromatic nitrogens is 1. The molecule has 0 aliphatic rings. The molecule has 1 N–H and O–H groups in total. The second kappa shape index (κ2) is 9.05. The smallest absolute Gasteiger partial charge is 0.262 e. The summed E-state index contributed by atoms with van der Waals surface area (Å²) in [6.07, 6.45) is 1.64. The van der Waals surface area contributed by atoms with Crippen molar-refractivity contribution in [1.82, 2.24) is 4.98 Å². The van der Waals surface area contributed by atoms with Gasteiger partial charge in [-0.2, -0.15) is 0 Å². The van der Waals surface area contributed by atoms with Crippen LogP contribution in [0, 0.1) is 0 Å². The minimum absolute atomic E-state index is 0.0860. The minimum atomic E-state index is -0.253. The van der Waals surface area contributed by atoms with Gasteiger partial charge in [-0.25, -0.2) is 4.98 Å². The maximum atomic E-state index is 12.0. The molecular formula is C21H20ClN3O2. The van der Waals surface area contributed by atoms with E-state index >= 15 is 0 Å². The zero-order chi connectivity index (χ0) is 19.1. The van der Waals surface area contributed by atoms with E-state index in [1.165, 1.54) is 5.56 Å². The van der Waals surface area contributed by atoms with Gasteiger partial charge in [0.1, 0.15) is 11.6 Å². The summed E-state index contributed by atoms with van der Waals surface area (Å²) >= 11 is 5.82. The number of ether oxygens (including phenoxy) is 1. The van der Waals surface area contributed by atoms with Crippen molar-refractivity contribution in [3.8, 4) is 5.75 Å². The van der Waals surface area contributed by atoms with Crippen molar-refractivity contribution in [1.29, 1.82) is 0 Å². The lowest BCUT2D eigenvalue weighted by molar-refractivity contribution is -0.118. The van der Waals surface area contributed by atoms with E-state index in [1.54, 1.807) is 30.5 Å². The molecule has 0 saturated heterocycles. The van der Waals surface area contributed by atoms with Crippen molar-refractivity contribution in [2.45, 2.75) is 6.54 Å². The molecule has 0 spiro atoms. The summed E-state index contributed by atoms with van der Waals surface area (Å²) in [6, 6.07) is 20.7. The zero-order valence-corrected chi connectivity index (χ0v) is 15.7. The van der Waals surface area contributed by atoms with Gasteiger partial charge in [0.25, 0.3) is 5.91 Å². The average molecular weight is 382 g/mol. The van der Waals surface area contributed by atoms with E-state index < -0.39 is 0 Å². The van der Waals surface area contributed by atoms with Crippen molar-refractivity contribution >= 4 is 29.0 Å². The summed E-state index contributed by atoms with van der Waals surface area (Å²) < 4.78 is 5.42. The van der Waals surface area contributed by atoms with Crippen LogP contribution in [-0.2, 0) is 11.3 Å². The summed E-state index contributed by atoms with van der Waals surface area (Å²) in [5.74, 6) is 1.16. The van der Waals surface area contributed by atoms with Gasteiger partial charge in [-0.05, 0) is 42.0 Å². The van der Waals surface area contributed by atoms with Gasteiger partial charge < -0.3 is 15.0 Å². The topological polar surface area (TPSA) is 54.5 Å². The lowest BCUT2D eigenvalue weighted by Gasteiger charge is -2.18. The van der Waals surface area contributed by atoms with Gasteiger partial charge in [-0.3, -0.25) is 4.79 Å². The van der Waals surface area contributed by atoms with Crippen LogP contribution in [0.2, 0.25) is 5.02 Å². The van der Waals surface area contributed by atoms with Crippen LogP contribution in [0.25, 0.3) is 0 Å². The van der Waals surface area contributed by atoms with Crippen molar-refractivity contribution in [3.63, 3.8) is 0 Å². The predicted octanol–water partition coefficient (Wildman–Crippen LogP) is 4.39. The van der Waals surface area contributed by atoms with Crippen LogP contribution in [0.15, 0.2) is 72.9 Å². The quantitative estimate of drug-likeness (QED) is 0.659. The number of halogens is 1. The summed E-state index contributed by atoms with van der Waals surface area (Å²) in [4.78, 5) is 18.5. The molecule has 1 aromatic heterocycles. The van der Waals surface area contributed by atoms with Gasteiger partial charge in [-0.1, -0.05) is 41.9 Å². The molecule has 0 unspecified atom stereocenters. The number of amides is 1. The number of anilines is 2. The molecule has 3 rings (SSSR count). The van der Waals surface area contributed by atoms with E-state index in [4.69, 9.17) is 16.3 Å². The third-order valence-corrected chi connectivity index (χ3v) is 4.12. The molecule has 1 heterocycles. The van der Waals surface area contributed by atoms with Crippen LogP contribution in [0.1, 0.15) is 5.56 Å². The lowest BCUT2D eigenvalue weighted by atomic mass is 10.2. The summed E-state index contributed by atoms with van der Waals surface area (Å²) in [6.45, 7) is 0.672. The third kappa shape index (κ3) is 5.72. The van der Waals surface area contributed by atoms with Crippen LogP contribution in [-0.4, -0.2) is 24.5 Å². The van der Waals surface area contributed by atoms with Crippen LogP contribution in [0.4, 0.5) is 11.5 Å². The number of nitrogens with one attached hydrogen (secondary N) is 1. The van der Waals surface area contributed by atoms with Gasteiger partial charge in [0.15, 0.2) is 6.61 Å². The van der Waals surface area contributed by atoms with Crippen molar-refractivity contribution < 1.29 is 9.53 Å². The Morgan fingerprint density at radius 1 is 1.07 bits per heavy atom. The second-order valence-electron chi connectivity index (χ2n) is 6.04. The zero-order valence-electron chi connectivity index (χ0n) is 14.9. The highest BCUT2D eigenvalue weighted by atomic mass is 35.5. The van der Waals surface area contributed by atoms with E-state index in [9.17, 15) is 4.79 Å². The predicted molar refractivity (Wildman–Crippen MR) is 108 cm³/mol. The SMILES string of the molecule is CN(Cc1ccccc1)c1ccc(NC(=O)COc2ccc(Cl)cc2)cn1. The summed E-state index contributed by atoms with van der Waals surface area (Å²) in [5.41, 5.74) is 1.83. The van der Waals surface area contributed by atoms with Gasteiger partial charge in [-0.15, -0.1) is 0 Å². The maximum absolute atomic E-state index is 12.0. The van der Waals surface area contributed by atoms with E-state index in [2.05, 4.69) is 22.4 Å². The Kier molecular flexibility index (Phi) is 6.28. The molecule has 0 aliphatic heterocycles. The highest BCUT2D eigenvalue weighted by Crippen LogP contribution is 2.17. The van der Waals surface area contributed by atoms with E-state index in [1.807, 2.05) is 42.3 Å². The first kappa shape index (κ1) is 18.7. The number of hydrogen-bond acceptors (Lipinski definition) is 4. The van der Waals surface area contributed by atoms with Crippen LogP contribution in [0.5, 0.6) is 5.75 Å². The molecule has 5 nitrogen and oxygen atoms in total. The highest BCUT2D eigenvalue weighted by molar-refractivity contribution is 6.30. The molecule has 27 heavy (non-hydrogen) atoms. The van der Waals surface area contributed by atoms with Crippen molar-refractivity contribution in [3.05, 3.63) is 83.5 Å². The highest BCUT2D eigenvalue weighted by Gasteiger charge is 2.07. The number of carbonyl (C=O) groups is 1. The number of rotatable bonds is 7. The summed E-state index contributed by atoms with van der Waals surface area (Å²) in [5, 5.41) is 3.39. The Morgan fingerprint density at radius 2 is 1.81 bits per heavy atom. The molecule has 138 valence electrons. The van der Waals surface area contributed by atoms with Crippen LogP contribution >= 0.6 is 11.6 Å².